The van der Waals surface area contributed by atoms with Gasteiger partial charge in [-0.1, -0.05) is 0 Å². The summed E-state index contributed by atoms with van der Waals surface area (Å²) in [6, 6.07) is 4.19. The van der Waals surface area contributed by atoms with Crippen molar-refractivity contribution in [3.8, 4) is 5.75 Å². The lowest BCUT2D eigenvalue weighted by atomic mass is 9.88. The maximum absolute atomic E-state index is 12.8. The Morgan fingerprint density at radius 1 is 1.50 bits per heavy atom. The first-order chi connectivity index (χ1) is 8.33. The molecule has 0 radical (unpaired) electrons. The van der Waals surface area contributed by atoms with Crippen molar-refractivity contribution in [2.24, 2.45) is 5.41 Å². The summed E-state index contributed by atoms with van der Waals surface area (Å²) in [4.78, 5) is 10.9. The van der Waals surface area contributed by atoms with Crippen LogP contribution in [-0.2, 0) is 4.79 Å². The van der Waals surface area contributed by atoms with Gasteiger partial charge in [-0.15, -0.1) is 0 Å². The Morgan fingerprint density at radius 3 is 2.72 bits per heavy atom. The molecule has 0 saturated heterocycles. The van der Waals surface area contributed by atoms with Gasteiger partial charge in [-0.05, 0) is 60.8 Å². The van der Waals surface area contributed by atoms with Crippen molar-refractivity contribution in [2.75, 3.05) is 6.61 Å². The number of carbonyl (C=O) groups is 1. The van der Waals surface area contributed by atoms with Gasteiger partial charge in [0.15, 0.2) is 0 Å². The predicted molar refractivity (Wildman–Crippen MR) is 70.2 cm³/mol. The maximum Gasteiger partial charge on any atom is 0.309 e. The summed E-state index contributed by atoms with van der Waals surface area (Å²) in [5, 5.41) is 8.94. The minimum absolute atomic E-state index is 0.332. The topological polar surface area (TPSA) is 46.5 Å². The van der Waals surface area contributed by atoms with Gasteiger partial charge in [-0.2, -0.15) is 0 Å². The molecule has 1 aromatic rings. The predicted octanol–water partition coefficient (Wildman–Crippen LogP) is 3.86. The van der Waals surface area contributed by atoms with Gasteiger partial charge in [-0.3, -0.25) is 4.79 Å². The number of hydrogen-bond donors (Lipinski definition) is 1. The lowest BCUT2D eigenvalue weighted by molar-refractivity contribution is -0.147. The molecule has 0 saturated carbocycles. The Hall–Kier alpha value is -1.10. The van der Waals surface area contributed by atoms with Crippen LogP contribution in [0.5, 0.6) is 5.75 Å². The summed E-state index contributed by atoms with van der Waals surface area (Å²) in [5.41, 5.74) is -0.747. The number of hydrogen-bond acceptors (Lipinski definition) is 2. The molecule has 18 heavy (non-hydrogen) atoms. The minimum Gasteiger partial charge on any atom is -0.492 e. The van der Waals surface area contributed by atoms with Crippen LogP contribution in [0.1, 0.15) is 26.7 Å². The van der Waals surface area contributed by atoms with Crippen molar-refractivity contribution >= 4 is 21.9 Å². The average molecular weight is 319 g/mol. The third-order valence-electron chi connectivity index (χ3n) is 2.68. The Labute approximate surface area is 114 Å². The molecule has 0 spiro atoms. The van der Waals surface area contributed by atoms with E-state index >= 15 is 0 Å². The zero-order valence-electron chi connectivity index (χ0n) is 10.4. The largest absolute Gasteiger partial charge is 0.492 e. The maximum atomic E-state index is 12.8. The average Bonchev–Trinajstić information content (AvgIpc) is 2.26. The second-order valence-electron chi connectivity index (χ2n) is 4.72. The van der Waals surface area contributed by atoms with E-state index in [1.807, 2.05) is 0 Å². The summed E-state index contributed by atoms with van der Waals surface area (Å²) >= 11 is 3.20. The van der Waals surface area contributed by atoms with E-state index < -0.39 is 11.4 Å². The molecule has 1 rings (SSSR count). The second-order valence-corrected chi connectivity index (χ2v) is 5.57. The molecule has 0 amide bonds. The van der Waals surface area contributed by atoms with E-state index in [4.69, 9.17) is 9.84 Å². The molecule has 100 valence electrons. The van der Waals surface area contributed by atoms with Gasteiger partial charge in [0.2, 0.25) is 0 Å². The zero-order valence-corrected chi connectivity index (χ0v) is 12.0. The monoisotopic (exact) mass is 318 g/mol. The number of benzene rings is 1. The van der Waals surface area contributed by atoms with E-state index in [2.05, 4.69) is 15.9 Å². The first-order valence-electron chi connectivity index (χ1n) is 5.64. The van der Waals surface area contributed by atoms with Crippen LogP contribution < -0.4 is 4.74 Å². The highest BCUT2D eigenvalue weighted by molar-refractivity contribution is 9.10. The van der Waals surface area contributed by atoms with Crippen molar-refractivity contribution < 1.29 is 19.0 Å². The third-order valence-corrected chi connectivity index (χ3v) is 3.30. The van der Waals surface area contributed by atoms with E-state index in [-0.39, 0.29) is 5.82 Å². The molecule has 3 nitrogen and oxygen atoms in total. The second kappa shape index (κ2) is 6.18. The molecule has 0 aromatic heterocycles. The van der Waals surface area contributed by atoms with Crippen molar-refractivity contribution in [2.45, 2.75) is 26.7 Å². The minimum atomic E-state index is -0.814. The normalized spacial score (nSPS) is 11.3. The lowest BCUT2D eigenvalue weighted by Gasteiger charge is -2.18. The van der Waals surface area contributed by atoms with Crippen LogP contribution in [0, 0.1) is 11.2 Å². The molecule has 0 aliphatic carbocycles. The van der Waals surface area contributed by atoms with Gasteiger partial charge in [0.25, 0.3) is 0 Å². The fourth-order valence-electron chi connectivity index (χ4n) is 1.40. The zero-order chi connectivity index (χ0) is 13.8. The van der Waals surface area contributed by atoms with Crippen molar-refractivity contribution in [3.05, 3.63) is 28.5 Å². The Bertz CT molecular complexity index is 432. The molecular formula is C13H16BrFO3. The van der Waals surface area contributed by atoms with Gasteiger partial charge in [0, 0.05) is 0 Å². The Morgan fingerprint density at radius 2 is 2.17 bits per heavy atom. The van der Waals surface area contributed by atoms with Gasteiger partial charge < -0.3 is 9.84 Å². The molecule has 0 aliphatic rings. The molecule has 1 N–H and O–H groups in total. The van der Waals surface area contributed by atoms with E-state index in [9.17, 15) is 9.18 Å². The molecule has 5 heteroatoms. The van der Waals surface area contributed by atoms with Crippen molar-refractivity contribution in [3.63, 3.8) is 0 Å². The molecule has 0 unspecified atom stereocenters. The molecule has 1 aromatic carbocycles. The fraction of sp³-hybridized carbons (Fsp3) is 0.462. The number of carboxylic acids is 1. The molecular weight excluding hydrogens is 303 g/mol. The SMILES string of the molecule is CC(C)(CCCOc1ccc(F)cc1Br)C(=O)O. The van der Waals surface area contributed by atoms with Gasteiger partial charge in [-0.25, -0.2) is 4.39 Å². The van der Waals surface area contributed by atoms with Crippen LogP contribution >= 0.6 is 15.9 Å². The van der Waals surface area contributed by atoms with Crippen molar-refractivity contribution in [1.82, 2.24) is 0 Å². The highest BCUT2D eigenvalue weighted by Gasteiger charge is 2.26. The van der Waals surface area contributed by atoms with Crippen LogP contribution in [0.15, 0.2) is 22.7 Å². The van der Waals surface area contributed by atoms with Gasteiger partial charge in [0.1, 0.15) is 11.6 Å². The van der Waals surface area contributed by atoms with E-state index in [1.54, 1.807) is 19.9 Å². The van der Waals surface area contributed by atoms with E-state index in [0.29, 0.717) is 29.7 Å². The van der Waals surface area contributed by atoms with Crippen LogP contribution in [0.2, 0.25) is 0 Å². The summed E-state index contributed by atoms with van der Waals surface area (Å²) < 4.78 is 18.8. The number of rotatable bonds is 6. The van der Waals surface area contributed by atoms with Crippen molar-refractivity contribution in [1.29, 1.82) is 0 Å². The molecule has 0 fully saturated rings. The van der Waals surface area contributed by atoms with E-state index in [0.717, 1.165) is 0 Å². The lowest BCUT2D eigenvalue weighted by Crippen LogP contribution is -2.24. The van der Waals surface area contributed by atoms with Crippen LogP contribution in [0.25, 0.3) is 0 Å². The van der Waals surface area contributed by atoms with E-state index in [1.165, 1.54) is 12.1 Å². The smallest absolute Gasteiger partial charge is 0.309 e. The summed E-state index contributed by atoms with van der Waals surface area (Å²) in [5.74, 6) is -0.587. The first kappa shape index (κ1) is 15.0. The summed E-state index contributed by atoms with van der Waals surface area (Å²) in [7, 11) is 0. The number of halogens is 2. The summed E-state index contributed by atoms with van der Waals surface area (Å²) in [6.45, 7) is 3.77. The first-order valence-corrected chi connectivity index (χ1v) is 6.43. The Balaban J connectivity index is 2.41. The quantitative estimate of drug-likeness (QED) is 0.810. The number of ether oxygens (including phenoxy) is 1. The highest BCUT2D eigenvalue weighted by atomic mass is 79.9. The molecule has 0 heterocycles. The third kappa shape index (κ3) is 4.29. The fourth-order valence-corrected chi connectivity index (χ4v) is 1.86. The number of aliphatic carboxylic acids is 1. The van der Waals surface area contributed by atoms with Crippen LogP contribution in [0.3, 0.4) is 0 Å². The molecule has 0 bridgehead atoms. The van der Waals surface area contributed by atoms with Crippen LogP contribution in [0.4, 0.5) is 4.39 Å². The van der Waals surface area contributed by atoms with Gasteiger partial charge in [0.05, 0.1) is 16.5 Å². The standard InChI is InChI=1S/C13H16BrFO3/c1-13(2,12(16)17)6-3-7-18-11-5-4-9(15)8-10(11)14/h4-5,8H,3,6-7H2,1-2H3,(H,16,17). The molecule has 0 atom stereocenters. The Kier molecular flexibility index (Phi) is 5.14. The van der Waals surface area contributed by atoms with Crippen LogP contribution in [-0.4, -0.2) is 17.7 Å². The number of carboxylic acid groups (broad SMARTS) is 1. The summed E-state index contributed by atoms with van der Waals surface area (Å²) in [6.07, 6.45) is 1.16. The van der Waals surface area contributed by atoms with Gasteiger partial charge >= 0.3 is 5.97 Å². The molecule has 0 aliphatic heterocycles. The highest BCUT2D eigenvalue weighted by Crippen LogP contribution is 2.27.